The number of para-hydroxylation sites is 1. The van der Waals surface area contributed by atoms with Gasteiger partial charge < -0.3 is 10.1 Å². The Labute approximate surface area is 205 Å². The highest BCUT2D eigenvalue weighted by molar-refractivity contribution is 7.20. The predicted molar refractivity (Wildman–Crippen MR) is 134 cm³/mol. The number of fused-ring (bicyclic) bond motifs is 2. The number of anilines is 1. The van der Waals surface area contributed by atoms with E-state index in [2.05, 4.69) is 5.32 Å². The lowest BCUT2D eigenvalue weighted by atomic mass is 9.86. The van der Waals surface area contributed by atoms with Crippen LogP contribution in [0.4, 0.5) is 10.2 Å². The van der Waals surface area contributed by atoms with Gasteiger partial charge in [-0.15, -0.1) is 0 Å². The quantitative estimate of drug-likeness (QED) is 0.333. The van der Waals surface area contributed by atoms with Gasteiger partial charge in [-0.1, -0.05) is 47.7 Å². The Morgan fingerprint density at radius 2 is 1.86 bits per heavy atom. The van der Waals surface area contributed by atoms with Crippen molar-refractivity contribution in [1.29, 1.82) is 0 Å². The molecule has 0 aliphatic carbocycles. The lowest BCUT2D eigenvalue weighted by molar-refractivity contribution is -0.116. The van der Waals surface area contributed by atoms with Gasteiger partial charge in [-0.25, -0.2) is 9.37 Å². The number of carbonyl (C=O) groups excluding carboxylic acids is 1. The average Bonchev–Trinajstić information content (AvgIpc) is 3.44. The second kappa shape index (κ2) is 8.63. The number of carbonyl (C=O) groups is 1. The SMILES string of the molecule is Cc1nn(-c2nc3ccccc3s2)c2c1[C@@H](c1ccc(OCc3ccc(F)cc3)cc1)CC(=O)N2. The number of ether oxygens (including phenoxy) is 1. The Bertz CT molecular complexity index is 1510. The van der Waals surface area contributed by atoms with E-state index < -0.39 is 0 Å². The molecular formula is C27H21FN4O2S. The first-order chi connectivity index (χ1) is 17.0. The third kappa shape index (κ3) is 4.06. The summed E-state index contributed by atoms with van der Waals surface area (Å²) >= 11 is 1.54. The summed E-state index contributed by atoms with van der Waals surface area (Å²) in [4.78, 5) is 17.4. The molecule has 5 aromatic rings. The smallest absolute Gasteiger partial charge is 0.226 e. The van der Waals surface area contributed by atoms with Crippen molar-refractivity contribution in [3.05, 3.63) is 101 Å². The van der Waals surface area contributed by atoms with Crippen molar-refractivity contribution < 1.29 is 13.9 Å². The second-order valence-electron chi connectivity index (χ2n) is 8.51. The molecule has 0 saturated carbocycles. The monoisotopic (exact) mass is 484 g/mol. The van der Waals surface area contributed by atoms with Crippen molar-refractivity contribution in [3.8, 4) is 10.9 Å². The molecule has 174 valence electrons. The van der Waals surface area contributed by atoms with Gasteiger partial charge in [0.15, 0.2) is 0 Å². The highest BCUT2D eigenvalue weighted by atomic mass is 32.1. The lowest BCUT2D eigenvalue weighted by Crippen LogP contribution is -2.24. The maximum atomic E-state index is 13.1. The van der Waals surface area contributed by atoms with Gasteiger partial charge in [-0.3, -0.25) is 4.79 Å². The normalized spacial score (nSPS) is 15.1. The summed E-state index contributed by atoms with van der Waals surface area (Å²) in [5, 5.41) is 8.50. The molecule has 0 radical (unpaired) electrons. The van der Waals surface area contributed by atoms with Gasteiger partial charge in [0, 0.05) is 17.9 Å². The molecule has 0 fully saturated rings. The summed E-state index contributed by atoms with van der Waals surface area (Å²) in [5.74, 6) is 0.949. The molecule has 0 saturated heterocycles. The highest BCUT2D eigenvalue weighted by Gasteiger charge is 2.33. The number of hydrogen-bond acceptors (Lipinski definition) is 5. The molecule has 1 amide bonds. The zero-order valence-corrected chi connectivity index (χ0v) is 19.7. The number of hydrogen-bond donors (Lipinski definition) is 1. The van der Waals surface area contributed by atoms with Crippen LogP contribution in [0.3, 0.4) is 0 Å². The topological polar surface area (TPSA) is 69.0 Å². The summed E-state index contributed by atoms with van der Waals surface area (Å²) in [6, 6.07) is 22.0. The lowest BCUT2D eigenvalue weighted by Gasteiger charge is -2.24. The number of nitrogens with zero attached hydrogens (tertiary/aromatic N) is 3. The average molecular weight is 485 g/mol. The van der Waals surface area contributed by atoms with Crippen molar-refractivity contribution in [3.63, 3.8) is 0 Å². The van der Waals surface area contributed by atoms with Gasteiger partial charge in [0.05, 0.1) is 15.9 Å². The largest absolute Gasteiger partial charge is 0.489 e. The molecule has 1 aliphatic heterocycles. The number of thiazole rings is 1. The van der Waals surface area contributed by atoms with Gasteiger partial charge in [-0.05, 0) is 54.4 Å². The van der Waals surface area contributed by atoms with Crippen LogP contribution in [0.5, 0.6) is 5.75 Å². The summed E-state index contributed by atoms with van der Waals surface area (Å²) in [6.45, 7) is 2.32. The maximum absolute atomic E-state index is 13.1. The Morgan fingerprint density at radius 3 is 2.63 bits per heavy atom. The Morgan fingerprint density at radius 1 is 1.09 bits per heavy atom. The van der Waals surface area contributed by atoms with E-state index in [0.29, 0.717) is 24.6 Å². The second-order valence-corrected chi connectivity index (χ2v) is 9.52. The van der Waals surface area contributed by atoms with Crippen LogP contribution in [0.25, 0.3) is 15.3 Å². The molecule has 6 nitrogen and oxygen atoms in total. The maximum Gasteiger partial charge on any atom is 0.226 e. The Kier molecular flexibility index (Phi) is 5.30. The fraction of sp³-hybridized carbons (Fsp3) is 0.148. The van der Waals surface area contributed by atoms with Crippen LogP contribution in [0.1, 0.15) is 34.7 Å². The zero-order valence-electron chi connectivity index (χ0n) is 18.9. The van der Waals surface area contributed by atoms with Crippen LogP contribution in [0, 0.1) is 12.7 Å². The number of benzene rings is 3. The van der Waals surface area contributed by atoms with E-state index in [0.717, 1.165) is 37.7 Å². The van der Waals surface area contributed by atoms with E-state index in [-0.39, 0.29) is 17.6 Å². The van der Waals surface area contributed by atoms with Crippen LogP contribution >= 0.6 is 11.3 Å². The summed E-state index contributed by atoms with van der Waals surface area (Å²) in [7, 11) is 0. The minimum absolute atomic E-state index is 0.0543. The molecule has 1 N–H and O–H groups in total. The van der Waals surface area contributed by atoms with Crippen LogP contribution in [0.15, 0.2) is 72.8 Å². The molecule has 0 bridgehead atoms. The van der Waals surface area contributed by atoms with Gasteiger partial charge in [-0.2, -0.15) is 9.78 Å². The van der Waals surface area contributed by atoms with E-state index in [1.54, 1.807) is 28.2 Å². The van der Waals surface area contributed by atoms with Crippen molar-refractivity contribution in [1.82, 2.24) is 14.8 Å². The van der Waals surface area contributed by atoms with E-state index in [4.69, 9.17) is 14.8 Å². The molecule has 3 heterocycles. The van der Waals surface area contributed by atoms with Gasteiger partial charge in [0.2, 0.25) is 11.0 Å². The third-order valence-electron chi connectivity index (χ3n) is 6.17. The number of amides is 1. The molecule has 1 aliphatic rings. The standard InChI is InChI=1S/C27H21FN4O2S/c1-16-25-21(18-8-12-20(13-9-18)34-15-17-6-10-19(28)11-7-17)14-24(33)30-26(25)32(31-16)27-29-22-4-2-3-5-23(22)35-27/h2-13,21H,14-15H2,1H3,(H,30,33)/t21-/m1/s1. The van der Waals surface area contributed by atoms with Crippen LogP contribution < -0.4 is 10.1 Å². The summed E-state index contributed by atoms with van der Waals surface area (Å²) < 4.78 is 21.8. The van der Waals surface area contributed by atoms with Crippen molar-refractivity contribution in [2.75, 3.05) is 5.32 Å². The molecule has 35 heavy (non-hydrogen) atoms. The van der Waals surface area contributed by atoms with Gasteiger partial charge in [0.25, 0.3) is 0 Å². The highest BCUT2D eigenvalue weighted by Crippen LogP contribution is 2.41. The molecule has 0 spiro atoms. The number of aromatic nitrogens is 3. The molecule has 1 atom stereocenters. The summed E-state index contributed by atoms with van der Waals surface area (Å²) in [5.41, 5.74) is 4.68. The molecule has 2 aromatic heterocycles. The van der Waals surface area contributed by atoms with Crippen LogP contribution in [-0.2, 0) is 11.4 Å². The van der Waals surface area contributed by atoms with Crippen LogP contribution in [0.2, 0.25) is 0 Å². The molecule has 3 aromatic carbocycles. The minimum Gasteiger partial charge on any atom is -0.489 e. The summed E-state index contributed by atoms with van der Waals surface area (Å²) in [6.07, 6.45) is 0.342. The van der Waals surface area contributed by atoms with E-state index >= 15 is 0 Å². The van der Waals surface area contributed by atoms with Crippen molar-refractivity contribution in [2.45, 2.75) is 25.9 Å². The van der Waals surface area contributed by atoms with Crippen molar-refractivity contribution >= 4 is 33.3 Å². The predicted octanol–water partition coefficient (Wildman–Crippen LogP) is 5.98. The van der Waals surface area contributed by atoms with Crippen molar-refractivity contribution in [2.24, 2.45) is 0 Å². The number of rotatable bonds is 5. The van der Waals surface area contributed by atoms with E-state index in [1.807, 2.05) is 55.5 Å². The first-order valence-electron chi connectivity index (χ1n) is 11.3. The Hall–Kier alpha value is -4.04. The fourth-order valence-corrected chi connectivity index (χ4v) is 5.39. The fourth-order valence-electron chi connectivity index (χ4n) is 4.46. The number of nitrogens with one attached hydrogen (secondary N) is 1. The number of halogens is 1. The first-order valence-corrected chi connectivity index (χ1v) is 12.1. The first kappa shape index (κ1) is 21.5. The third-order valence-corrected chi connectivity index (χ3v) is 7.18. The van der Waals surface area contributed by atoms with Gasteiger partial charge >= 0.3 is 0 Å². The molecule has 8 heteroatoms. The minimum atomic E-state index is -0.268. The molecule has 0 unspecified atom stereocenters. The number of aryl methyl sites for hydroxylation is 1. The van der Waals surface area contributed by atoms with E-state index in [1.165, 1.54) is 12.1 Å². The van der Waals surface area contributed by atoms with E-state index in [9.17, 15) is 9.18 Å². The van der Waals surface area contributed by atoms with Gasteiger partial charge in [0.1, 0.15) is 24.0 Å². The molecular weight excluding hydrogens is 463 g/mol. The Balaban J connectivity index is 1.29. The zero-order chi connectivity index (χ0) is 23.9. The molecule has 6 rings (SSSR count). The van der Waals surface area contributed by atoms with Crippen LogP contribution in [-0.4, -0.2) is 20.7 Å².